The molecule has 0 saturated carbocycles. The monoisotopic (exact) mass is 386 g/mol. The first kappa shape index (κ1) is 17.8. The number of aromatic nitrogens is 2. The van der Waals surface area contributed by atoms with Crippen LogP contribution in [0.3, 0.4) is 0 Å². The number of carbonyl (C=O) groups excluding carboxylic acids is 2. The molecule has 1 aliphatic rings. The SMILES string of the molecule is C[C@H]1CN(C(=O)OC(C)(C)C)CCN1C(=O)c1cnn(C)c1Br. The van der Waals surface area contributed by atoms with Gasteiger partial charge in [-0.05, 0) is 43.6 Å². The Kier molecular flexibility index (Phi) is 5.03. The number of hydrogen-bond acceptors (Lipinski definition) is 4. The number of carbonyl (C=O) groups is 2. The Labute approximate surface area is 144 Å². The molecule has 1 atom stereocenters. The molecule has 8 heteroatoms. The van der Waals surface area contributed by atoms with Gasteiger partial charge < -0.3 is 14.5 Å². The normalized spacial score (nSPS) is 19.0. The molecule has 23 heavy (non-hydrogen) atoms. The lowest BCUT2D eigenvalue weighted by Gasteiger charge is -2.40. The Morgan fingerprint density at radius 2 is 2.00 bits per heavy atom. The molecule has 1 aliphatic heterocycles. The third-order valence-electron chi connectivity index (χ3n) is 3.64. The first-order valence-corrected chi connectivity index (χ1v) is 8.36. The van der Waals surface area contributed by atoms with Gasteiger partial charge in [0.15, 0.2) is 0 Å². The predicted octanol–water partition coefficient (Wildman–Crippen LogP) is 2.26. The third-order valence-corrected chi connectivity index (χ3v) is 4.58. The van der Waals surface area contributed by atoms with Crippen LogP contribution in [-0.4, -0.2) is 62.9 Å². The second-order valence-corrected chi connectivity index (χ2v) is 7.50. The summed E-state index contributed by atoms with van der Waals surface area (Å²) in [5.74, 6) is -0.0821. The molecule has 0 aliphatic carbocycles. The van der Waals surface area contributed by atoms with Gasteiger partial charge in [0.1, 0.15) is 10.2 Å². The number of amides is 2. The van der Waals surface area contributed by atoms with Crippen molar-refractivity contribution < 1.29 is 14.3 Å². The van der Waals surface area contributed by atoms with Gasteiger partial charge in [0.05, 0.1) is 11.8 Å². The van der Waals surface area contributed by atoms with E-state index in [-0.39, 0.29) is 18.0 Å². The van der Waals surface area contributed by atoms with Gasteiger partial charge in [-0.15, -0.1) is 0 Å². The fourth-order valence-corrected chi connectivity index (χ4v) is 2.84. The van der Waals surface area contributed by atoms with Crippen molar-refractivity contribution in [1.82, 2.24) is 19.6 Å². The lowest BCUT2D eigenvalue weighted by molar-refractivity contribution is 0.00615. The number of halogens is 1. The number of aryl methyl sites for hydroxylation is 1. The highest BCUT2D eigenvalue weighted by molar-refractivity contribution is 9.10. The van der Waals surface area contributed by atoms with Crippen molar-refractivity contribution in [3.63, 3.8) is 0 Å². The highest BCUT2D eigenvalue weighted by Gasteiger charge is 2.33. The largest absolute Gasteiger partial charge is 0.444 e. The molecule has 1 aromatic rings. The van der Waals surface area contributed by atoms with Crippen molar-refractivity contribution in [2.75, 3.05) is 19.6 Å². The van der Waals surface area contributed by atoms with Crippen molar-refractivity contribution in [1.29, 1.82) is 0 Å². The summed E-state index contributed by atoms with van der Waals surface area (Å²) in [6.07, 6.45) is 1.22. The van der Waals surface area contributed by atoms with E-state index in [1.165, 1.54) is 0 Å². The van der Waals surface area contributed by atoms with E-state index < -0.39 is 5.60 Å². The smallest absolute Gasteiger partial charge is 0.410 e. The van der Waals surface area contributed by atoms with E-state index in [1.54, 1.807) is 27.7 Å². The summed E-state index contributed by atoms with van der Waals surface area (Å²) in [5.41, 5.74) is 0.0125. The molecule has 0 unspecified atom stereocenters. The van der Waals surface area contributed by atoms with Crippen LogP contribution in [0.5, 0.6) is 0 Å². The van der Waals surface area contributed by atoms with Crippen molar-refractivity contribution in [3.05, 3.63) is 16.4 Å². The van der Waals surface area contributed by atoms with E-state index in [0.29, 0.717) is 29.8 Å². The lowest BCUT2D eigenvalue weighted by atomic mass is 10.1. The number of rotatable bonds is 1. The molecule has 128 valence electrons. The van der Waals surface area contributed by atoms with Crippen LogP contribution in [0, 0.1) is 0 Å². The van der Waals surface area contributed by atoms with Crippen LogP contribution in [0.15, 0.2) is 10.8 Å². The van der Waals surface area contributed by atoms with Gasteiger partial charge in [-0.2, -0.15) is 5.10 Å². The summed E-state index contributed by atoms with van der Waals surface area (Å²) in [4.78, 5) is 28.2. The second kappa shape index (κ2) is 6.51. The third kappa shape index (κ3) is 4.04. The van der Waals surface area contributed by atoms with Gasteiger partial charge >= 0.3 is 6.09 Å². The highest BCUT2D eigenvalue weighted by atomic mass is 79.9. The van der Waals surface area contributed by atoms with Crippen LogP contribution in [0.2, 0.25) is 0 Å². The minimum absolute atomic E-state index is 0.0821. The minimum atomic E-state index is -0.520. The molecule has 2 rings (SSSR count). The van der Waals surface area contributed by atoms with Crippen molar-refractivity contribution in [2.24, 2.45) is 7.05 Å². The highest BCUT2D eigenvalue weighted by Crippen LogP contribution is 2.21. The zero-order valence-corrected chi connectivity index (χ0v) is 15.8. The molecule has 1 aromatic heterocycles. The summed E-state index contributed by atoms with van der Waals surface area (Å²) in [6, 6.07) is -0.0872. The Bertz CT molecular complexity index is 608. The van der Waals surface area contributed by atoms with Crippen LogP contribution < -0.4 is 0 Å². The topological polar surface area (TPSA) is 67.7 Å². The van der Waals surface area contributed by atoms with E-state index in [4.69, 9.17) is 4.74 Å². The maximum atomic E-state index is 12.7. The quantitative estimate of drug-likeness (QED) is 0.742. The first-order chi connectivity index (χ1) is 10.6. The maximum absolute atomic E-state index is 12.7. The standard InChI is InChI=1S/C15H23BrN4O3/c1-10-9-19(14(22)23-15(2,3)4)6-7-20(10)13(21)11-8-17-18(5)12(11)16/h8,10H,6-7,9H2,1-5H3/t10-/m0/s1. The molecular formula is C15H23BrN4O3. The summed E-state index contributed by atoms with van der Waals surface area (Å²) in [5, 5.41) is 4.08. The van der Waals surface area contributed by atoms with Crippen LogP contribution in [0.4, 0.5) is 4.79 Å². The van der Waals surface area contributed by atoms with Crippen molar-refractivity contribution in [3.8, 4) is 0 Å². The molecule has 1 fully saturated rings. The summed E-state index contributed by atoms with van der Waals surface area (Å²) < 4.78 is 7.65. The van der Waals surface area contributed by atoms with Gasteiger partial charge in [0.25, 0.3) is 5.91 Å². The van der Waals surface area contributed by atoms with E-state index >= 15 is 0 Å². The summed E-state index contributed by atoms with van der Waals surface area (Å²) in [7, 11) is 1.77. The molecule has 2 heterocycles. The van der Waals surface area contributed by atoms with Gasteiger partial charge in [0.2, 0.25) is 0 Å². The maximum Gasteiger partial charge on any atom is 0.410 e. The number of hydrogen-bond donors (Lipinski definition) is 0. The van der Waals surface area contributed by atoms with Crippen LogP contribution in [0.1, 0.15) is 38.1 Å². The predicted molar refractivity (Wildman–Crippen MR) is 89.2 cm³/mol. The number of nitrogens with zero attached hydrogens (tertiary/aromatic N) is 4. The van der Waals surface area contributed by atoms with Gasteiger partial charge in [-0.1, -0.05) is 0 Å². The number of ether oxygens (including phenoxy) is 1. The van der Waals surface area contributed by atoms with Crippen molar-refractivity contribution >= 4 is 27.9 Å². The molecule has 0 spiro atoms. The Hall–Kier alpha value is -1.57. The zero-order valence-electron chi connectivity index (χ0n) is 14.2. The average molecular weight is 387 g/mol. The van der Waals surface area contributed by atoms with E-state index in [2.05, 4.69) is 21.0 Å². The summed E-state index contributed by atoms with van der Waals surface area (Å²) >= 11 is 3.37. The Morgan fingerprint density at radius 1 is 1.35 bits per heavy atom. The average Bonchev–Trinajstić information content (AvgIpc) is 2.76. The minimum Gasteiger partial charge on any atom is -0.444 e. The molecule has 0 N–H and O–H groups in total. The first-order valence-electron chi connectivity index (χ1n) is 7.56. The van der Waals surface area contributed by atoms with Gasteiger partial charge in [0, 0.05) is 32.7 Å². The lowest BCUT2D eigenvalue weighted by Crippen LogP contribution is -2.56. The molecule has 1 saturated heterocycles. The molecule has 0 aromatic carbocycles. The Morgan fingerprint density at radius 3 is 2.48 bits per heavy atom. The fourth-order valence-electron chi connectivity index (χ4n) is 2.47. The van der Waals surface area contributed by atoms with E-state index in [0.717, 1.165) is 0 Å². The number of piperazine rings is 1. The van der Waals surface area contributed by atoms with Gasteiger partial charge in [-0.25, -0.2) is 4.79 Å². The molecular weight excluding hydrogens is 364 g/mol. The summed E-state index contributed by atoms with van der Waals surface area (Å²) in [6.45, 7) is 8.84. The van der Waals surface area contributed by atoms with Crippen molar-refractivity contribution in [2.45, 2.75) is 39.3 Å². The fraction of sp³-hybridized carbons (Fsp3) is 0.667. The zero-order chi connectivity index (χ0) is 17.4. The molecule has 0 bridgehead atoms. The van der Waals surface area contributed by atoms with Crippen LogP contribution in [0.25, 0.3) is 0 Å². The molecule has 0 radical (unpaired) electrons. The van der Waals surface area contributed by atoms with Crippen LogP contribution in [-0.2, 0) is 11.8 Å². The molecule has 2 amide bonds. The van der Waals surface area contributed by atoms with E-state index in [1.807, 2.05) is 27.7 Å². The van der Waals surface area contributed by atoms with Crippen LogP contribution >= 0.6 is 15.9 Å². The van der Waals surface area contributed by atoms with Gasteiger partial charge in [-0.3, -0.25) is 9.48 Å². The van der Waals surface area contributed by atoms with E-state index in [9.17, 15) is 9.59 Å². The molecule has 7 nitrogen and oxygen atoms in total. The Balaban J connectivity index is 2.03. The second-order valence-electron chi connectivity index (χ2n) is 6.75.